The Bertz CT molecular complexity index is 259. The number of nitrogens with zero attached hydrogens (tertiary/aromatic N) is 2. The summed E-state index contributed by atoms with van der Waals surface area (Å²) in [6, 6.07) is 0. The highest BCUT2D eigenvalue weighted by Crippen LogP contribution is 2.06. The maximum Gasteiger partial charge on any atom is 0.356 e. The van der Waals surface area contributed by atoms with E-state index in [9.17, 15) is 4.79 Å². The van der Waals surface area contributed by atoms with Crippen LogP contribution in [0.5, 0.6) is 0 Å². The lowest BCUT2D eigenvalue weighted by atomic mass is 10.5. The van der Waals surface area contributed by atoms with E-state index in [-0.39, 0.29) is 5.69 Å². The van der Waals surface area contributed by atoms with Crippen LogP contribution in [0.25, 0.3) is 0 Å². The largest absolute Gasteiger partial charge is 0.476 e. The zero-order chi connectivity index (χ0) is 8.27. The summed E-state index contributed by atoms with van der Waals surface area (Å²) in [6.45, 7) is 1.99. The van der Waals surface area contributed by atoms with Crippen molar-refractivity contribution in [2.45, 2.75) is 6.92 Å². The third kappa shape index (κ3) is 1.98. The molecule has 60 valence electrons. The topological polar surface area (TPSA) is 55.1 Å². The lowest BCUT2D eigenvalue weighted by molar-refractivity contribution is 0.0691. The summed E-state index contributed by atoms with van der Waals surface area (Å²) in [5.41, 5.74) is 0.0888. The molecule has 0 aromatic carbocycles. The second-order valence-electron chi connectivity index (χ2n) is 1.84. The molecule has 0 aliphatic heterocycles. The van der Waals surface area contributed by atoms with Crippen molar-refractivity contribution in [3.05, 3.63) is 18.2 Å². The summed E-state index contributed by atoms with van der Waals surface area (Å²) in [5, 5.41) is 8.48. The first-order valence-electron chi connectivity index (χ1n) is 3.14. The first-order valence-corrected chi connectivity index (χ1v) is 4.09. The Morgan fingerprint density at radius 3 is 3.09 bits per heavy atom. The van der Waals surface area contributed by atoms with Gasteiger partial charge in [0.1, 0.15) is 6.33 Å². The quantitative estimate of drug-likeness (QED) is 0.741. The van der Waals surface area contributed by atoms with E-state index in [1.165, 1.54) is 24.5 Å². The van der Waals surface area contributed by atoms with Crippen LogP contribution in [0.15, 0.2) is 12.5 Å². The summed E-state index contributed by atoms with van der Waals surface area (Å²) in [6.07, 6.45) is 2.99. The Morgan fingerprint density at radius 2 is 2.64 bits per heavy atom. The van der Waals surface area contributed by atoms with Gasteiger partial charge in [-0.3, -0.25) is 3.97 Å². The summed E-state index contributed by atoms with van der Waals surface area (Å²) in [4.78, 5) is 14.0. The third-order valence-corrected chi connectivity index (χ3v) is 1.81. The molecule has 0 bridgehead atoms. The van der Waals surface area contributed by atoms with Gasteiger partial charge in [-0.25, -0.2) is 9.78 Å². The Balaban J connectivity index is 2.73. The number of carbonyl (C=O) groups is 1. The van der Waals surface area contributed by atoms with E-state index in [2.05, 4.69) is 4.98 Å². The van der Waals surface area contributed by atoms with Crippen LogP contribution in [-0.4, -0.2) is 25.8 Å². The van der Waals surface area contributed by atoms with Gasteiger partial charge >= 0.3 is 5.97 Å². The van der Waals surface area contributed by atoms with Gasteiger partial charge in [-0.2, -0.15) is 0 Å². The number of aromatic carboxylic acids is 1. The molecule has 0 fully saturated rings. The second-order valence-corrected chi connectivity index (χ2v) is 3.10. The smallest absolute Gasteiger partial charge is 0.356 e. The van der Waals surface area contributed by atoms with Crippen molar-refractivity contribution in [2.24, 2.45) is 0 Å². The van der Waals surface area contributed by atoms with E-state index < -0.39 is 5.97 Å². The maximum absolute atomic E-state index is 10.3. The van der Waals surface area contributed by atoms with Crippen LogP contribution in [0.1, 0.15) is 17.4 Å². The van der Waals surface area contributed by atoms with Crippen molar-refractivity contribution in [1.29, 1.82) is 0 Å². The summed E-state index contributed by atoms with van der Waals surface area (Å²) >= 11 is 1.50. The Labute approximate surface area is 68.4 Å². The fourth-order valence-corrected chi connectivity index (χ4v) is 1.22. The number of aromatic nitrogens is 2. The first kappa shape index (κ1) is 8.13. The number of hydrogen-bond acceptors (Lipinski definition) is 3. The summed E-state index contributed by atoms with van der Waals surface area (Å²) in [5.74, 6) is -0.0875. The molecule has 5 heteroatoms. The number of imidazole rings is 1. The predicted octanol–water partition coefficient (Wildman–Crippen LogP) is 1.10. The number of hydrogen-bond donors (Lipinski definition) is 1. The van der Waals surface area contributed by atoms with Crippen LogP contribution < -0.4 is 0 Å². The van der Waals surface area contributed by atoms with E-state index in [1.54, 1.807) is 3.97 Å². The molecule has 0 saturated carbocycles. The number of rotatable bonds is 3. The van der Waals surface area contributed by atoms with Crippen LogP contribution in [0.2, 0.25) is 0 Å². The van der Waals surface area contributed by atoms with Crippen LogP contribution in [-0.2, 0) is 0 Å². The highest BCUT2D eigenvalue weighted by Gasteiger charge is 2.05. The fraction of sp³-hybridized carbons (Fsp3) is 0.333. The van der Waals surface area contributed by atoms with Gasteiger partial charge in [0.05, 0.1) is 6.20 Å². The van der Waals surface area contributed by atoms with Gasteiger partial charge in [0, 0.05) is 5.75 Å². The van der Waals surface area contributed by atoms with Gasteiger partial charge in [-0.05, 0) is 11.9 Å². The molecular formula is C6H8N2O2S. The molecule has 1 N–H and O–H groups in total. The van der Waals surface area contributed by atoms with Crippen LogP contribution in [0.4, 0.5) is 0 Å². The summed E-state index contributed by atoms with van der Waals surface area (Å²) in [7, 11) is 0. The normalized spacial score (nSPS) is 9.91. The standard InChI is InChI=1S/C6H8N2O2S/c1-2-11-8-3-5(6(9)10)7-4-8/h3-4H,2H2,1H3,(H,9,10). The van der Waals surface area contributed by atoms with Crippen molar-refractivity contribution in [3.63, 3.8) is 0 Å². The fourth-order valence-electron chi connectivity index (χ4n) is 0.636. The van der Waals surface area contributed by atoms with Gasteiger partial charge in [-0.1, -0.05) is 6.92 Å². The molecule has 0 aliphatic carbocycles. The SMILES string of the molecule is CCSn1cnc(C(=O)O)c1. The third-order valence-electron chi connectivity index (χ3n) is 1.06. The van der Waals surface area contributed by atoms with Crippen molar-refractivity contribution < 1.29 is 9.90 Å². The van der Waals surface area contributed by atoms with Gasteiger partial charge in [0.15, 0.2) is 5.69 Å². The molecule has 0 saturated heterocycles. The maximum atomic E-state index is 10.3. The van der Waals surface area contributed by atoms with Gasteiger partial charge in [0.2, 0.25) is 0 Å². The Kier molecular flexibility index (Phi) is 2.53. The average Bonchev–Trinajstić information content (AvgIpc) is 2.37. The van der Waals surface area contributed by atoms with Crippen molar-refractivity contribution in [2.75, 3.05) is 5.75 Å². The van der Waals surface area contributed by atoms with E-state index in [0.29, 0.717) is 0 Å². The number of carboxylic acid groups (broad SMARTS) is 1. The minimum atomic E-state index is -0.986. The molecule has 1 heterocycles. The van der Waals surface area contributed by atoms with Crippen LogP contribution >= 0.6 is 11.9 Å². The zero-order valence-electron chi connectivity index (χ0n) is 6.02. The van der Waals surface area contributed by atoms with E-state index >= 15 is 0 Å². The van der Waals surface area contributed by atoms with Crippen LogP contribution in [0, 0.1) is 0 Å². The monoisotopic (exact) mass is 172 g/mol. The molecule has 1 aromatic heterocycles. The number of carboxylic acids is 1. The van der Waals surface area contributed by atoms with Crippen molar-refractivity contribution >= 4 is 17.9 Å². The van der Waals surface area contributed by atoms with E-state index in [4.69, 9.17) is 5.11 Å². The first-order chi connectivity index (χ1) is 5.24. The molecule has 4 nitrogen and oxygen atoms in total. The highest BCUT2D eigenvalue weighted by molar-refractivity contribution is 7.97. The molecule has 0 amide bonds. The molecule has 0 radical (unpaired) electrons. The average molecular weight is 172 g/mol. The Hall–Kier alpha value is -0.970. The van der Waals surface area contributed by atoms with Crippen LogP contribution in [0.3, 0.4) is 0 Å². The van der Waals surface area contributed by atoms with Gasteiger partial charge in [-0.15, -0.1) is 0 Å². The molecule has 0 aliphatic rings. The molecule has 0 spiro atoms. The highest BCUT2D eigenvalue weighted by atomic mass is 32.2. The Morgan fingerprint density at radius 1 is 1.91 bits per heavy atom. The second kappa shape index (κ2) is 3.43. The molecular weight excluding hydrogens is 164 g/mol. The molecule has 11 heavy (non-hydrogen) atoms. The lowest BCUT2D eigenvalue weighted by Crippen LogP contribution is -1.95. The molecule has 0 atom stereocenters. The molecule has 0 unspecified atom stereocenters. The van der Waals surface area contributed by atoms with Gasteiger partial charge in [0.25, 0.3) is 0 Å². The van der Waals surface area contributed by atoms with Crippen molar-refractivity contribution in [3.8, 4) is 0 Å². The van der Waals surface area contributed by atoms with Gasteiger partial charge < -0.3 is 5.11 Å². The summed E-state index contributed by atoms with van der Waals surface area (Å²) < 4.78 is 1.68. The minimum absolute atomic E-state index is 0.0888. The van der Waals surface area contributed by atoms with E-state index in [0.717, 1.165) is 5.75 Å². The molecule has 1 aromatic rings. The van der Waals surface area contributed by atoms with E-state index in [1.807, 2.05) is 6.92 Å². The minimum Gasteiger partial charge on any atom is -0.476 e. The van der Waals surface area contributed by atoms with Crippen molar-refractivity contribution in [1.82, 2.24) is 8.96 Å². The lowest BCUT2D eigenvalue weighted by Gasteiger charge is -1.92. The zero-order valence-corrected chi connectivity index (χ0v) is 6.84. The predicted molar refractivity (Wildman–Crippen MR) is 42.7 cm³/mol. The molecule has 1 rings (SSSR count).